The van der Waals surface area contributed by atoms with Crippen molar-refractivity contribution in [2.45, 2.75) is 71.4 Å². The fourth-order valence-electron chi connectivity index (χ4n) is 3.13. The maximum atomic E-state index is 14.7. The van der Waals surface area contributed by atoms with Crippen LogP contribution in [0.15, 0.2) is 18.2 Å². The minimum Gasteiger partial charge on any atom is -0.396 e. The third-order valence-electron chi connectivity index (χ3n) is 4.42. The number of hydrogen-bond donors (Lipinski definition) is 2. The lowest BCUT2D eigenvalue weighted by atomic mass is 9.86. The molecule has 1 heterocycles. The van der Waals surface area contributed by atoms with E-state index in [1.807, 2.05) is 31.4 Å². The van der Waals surface area contributed by atoms with Crippen molar-refractivity contribution >= 4 is 10.9 Å². The van der Waals surface area contributed by atoms with E-state index < -0.39 is 6.10 Å². The van der Waals surface area contributed by atoms with Crippen LogP contribution in [0.2, 0.25) is 0 Å². The van der Waals surface area contributed by atoms with Gasteiger partial charge in [-0.15, -0.1) is 0 Å². The van der Waals surface area contributed by atoms with Gasteiger partial charge in [-0.3, -0.25) is 0 Å². The van der Waals surface area contributed by atoms with Gasteiger partial charge < -0.3 is 14.8 Å². The molecule has 134 valence electrons. The SMILES string of the molecule is CC(C)(C)c1cc2cc(C(C)(C)C)n(CC(O)CCO)c2cc1F. The predicted octanol–water partition coefficient (Wildman–Crippen LogP) is 4.12. The molecule has 0 aliphatic heterocycles. The molecule has 0 saturated heterocycles. The Bertz CT molecular complexity index is 720. The summed E-state index contributed by atoms with van der Waals surface area (Å²) in [5.74, 6) is -0.216. The fourth-order valence-corrected chi connectivity index (χ4v) is 3.13. The lowest BCUT2D eigenvalue weighted by molar-refractivity contribution is 0.116. The molecular formula is C20H30FNO2. The smallest absolute Gasteiger partial charge is 0.129 e. The fraction of sp³-hybridized carbons (Fsp3) is 0.600. The lowest BCUT2D eigenvalue weighted by Crippen LogP contribution is -2.23. The molecule has 0 fully saturated rings. The van der Waals surface area contributed by atoms with E-state index in [-0.39, 0.29) is 23.3 Å². The van der Waals surface area contributed by atoms with Crippen LogP contribution in [-0.4, -0.2) is 27.5 Å². The van der Waals surface area contributed by atoms with Crippen LogP contribution in [0.3, 0.4) is 0 Å². The molecule has 1 atom stereocenters. The van der Waals surface area contributed by atoms with Crippen LogP contribution in [0.25, 0.3) is 10.9 Å². The van der Waals surface area contributed by atoms with Gasteiger partial charge >= 0.3 is 0 Å². The lowest BCUT2D eigenvalue weighted by Gasteiger charge is -2.24. The highest BCUT2D eigenvalue weighted by Crippen LogP contribution is 2.34. The van der Waals surface area contributed by atoms with Gasteiger partial charge in [0, 0.05) is 29.6 Å². The molecule has 1 aromatic heterocycles. The Labute approximate surface area is 144 Å². The molecule has 2 aromatic rings. The van der Waals surface area contributed by atoms with Gasteiger partial charge in [-0.05, 0) is 35.6 Å². The van der Waals surface area contributed by atoms with E-state index in [9.17, 15) is 9.50 Å². The Morgan fingerprint density at radius 2 is 1.67 bits per heavy atom. The van der Waals surface area contributed by atoms with Crippen molar-refractivity contribution in [3.8, 4) is 0 Å². The van der Waals surface area contributed by atoms with E-state index in [4.69, 9.17) is 5.11 Å². The first-order valence-electron chi connectivity index (χ1n) is 8.58. The number of nitrogens with zero attached hydrogens (tertiary/aromatic N) is 1. The predicted molar refractivity (Wildman–Crippen MR) is 97.0 cm³/mol. The van der Waals surface area contributed by atoms with Crippen molar-refractivity contribution in [1.82, 2.24) is 4.57 Å². The molecular weight excluding hydrogens is 305 g/mol. The minimum absolute atomic E-state index is 0.0618. The summed E-state index contributed by atoms with van der Waals surface area (Å²) in [6.07, 6.45) is -0.344. The van der Waals surface area contributed by atoms with Crippen molar-refractivity contribution < 1.29 is 14.6 Å². The number of halogens is 1. The molecule has 1 aromatic carbocycles. The van der Waals surface area contributed by atoms with Crippen LogP contribution >= 0.6 is 0 Å². The second-order valence-electron chi connectivity index (χ2n) is 8.70. The van der Waals surface area contributed by atoms with Crippen molar-refractivity contribution in [1.29, 1.82) is 0 Å². The van der Waals surface area contributed by atoms with Crippen molar-refractivity contribution in [3.05, 3.63) is 35.3 Å². The van der Waals surface area contributed by atoms with E-state index in [1.54, 1.807) is 6.07 Å². The van der Waals surface area contributed by atoms with Crippen molar-refractivity contribution in [3.63, 3.8) is 0 Å². The second kappa shape index (κ2) is 6.49. The van der Waals surface area contributed by atoms with Crippen LogP contribution in [-0.2, 0) is 17.4 Å². The summed E-state index contributed by atoms with van der Waals surface area (Å²) in [7, 11) is 0. The minimum atomic E-state index is -0.656. The van der Waals surface area contributed by atoms with Crippen LogP contribution < -0.4 is 0 Å². The number of rotatable bonds is 4. The molecule has 1 unspecified atom stereocenters. The van der Waals surface area contributed by atoms with Gasteiger partial charge in [0.1, 0.15) is 5.82 Å². The highest BCUT2D eigenvalue weighted by atomic mass is 19.1. The first-order valence-corrected chi connectivity index (χ1v) is 8.58. The number of benzene rings is 1. The summed E-state index contributed by atoms with van der Waals surface area (Å²) >= 11 is 0. The van der Waals surface area contributed by atoms with Crippen molar-refractivity contribution in [2.24, 2.45) is 0 Å². The Hall–Kier alpha value is -1.39. The summed E-state index contributed by atoms with van der Waals surface area (Å²) in [4.78, 5) is 0. The van der Waals surface area contributed by atoms with Gasteiger partial charge in [0.25, 0.3) is 0 Å². The third-order valence-corrected chi connectivity index (χ3v) is 4.42. The maximum absolute atomic E-state index is 14.7. The largest absolute Gasteiger partial charge is 0.396 e. The zero-order valence-electron chi connectivity index (χ0n) is 15.7. The number of aliphatic hydroxyl groups excluding tert-OH is 2. The summed E-state index contributed by atoms with van der Waals surface area (Å²) in [5, 5.41) is 20.2. The average Bonchev–Trinajstić information content (AvgIpc) is 2.75. The molecule has 4 heteroatoms. The summed E-state index contributed by atoms with van der Waals surface area (Å²) in [5.41, 5.74) is 2.15. The molecule has 2 N–H and O–H groups in total. The zero-order valence-corrected chi connectivity index (χ0v) is 15.7. The number of aliphatic hydroxyl groups is 2. The first kappa shape index (κ1) is 18.9. The van der Waals surface area contributed by atoms with E-state index in [2.05, 4.69) is 26.8 Å². The Balaban J connectivity index is 2.66. The van der Waals surface area contributed by atoms with Crippen LogP contribution in [0.4, 0.5) is 4.39 Å². The molecule has 0 aliphatic carbocycles. The first-order chi connectivity index (χ1) is 10.9. The van der Waals surface area contributed by atoms with Crippen LogP contribution in [0.1, 0.15) is 59.2 Å². The Kier molecular flexibility index (Phi) is 5.12. The number of aromatic nitrogens is 1. The van der Waals surface area contributed by atoms with Crippen LogP contribution in [0.5, 0.6) is 0 Å². The van der Waals surface area contributed by atoms with E-state index in [1.165, 1.54) is 0 Å². The Morgan fingerprint density at radius 1 is 1.04 bits per heavy atom. The molecule has 3 nitrogen and oxygen atoms in total. The maximum Gasteiger partial charge on any atom is 0.129 e. The van der Waals surface area contributed by atoms with Gasteiger partial charge in [-0.25, -0.2) is 4.39 Å². The van der Waals surface area contributed by atoms with Crippen LogP contribution in [0, 0.1) is 5.82 Å². The van der Waals surface area contributed by atoms with Gasteiger partial charge in [0.15, 0.2) is 0 Å². The molecule has 0 bridgehead atoms. The quantitative estimate of drug-likeness (QED) is 0.883. The highest BCUT2D eigenvalue weighted by Gasteiger charge is 2.25. The number of hydrogen-bond acceptors (Lipinski definition) is 2. The summed E-state index contributed by atoms with van der Waals surface area (Å²) in [6, 6.07) is 5.60. The topological polar surface area (TPSA) is 45.4 Å². The summed E-state index contributed by atoms with van der Waals surface area (Å²) < 4.78 is 16.7. The zero-order chi connectivity index (χ0) is 18.3. The van der Waals surface area contributed by atoms with Gasteiger partial charge in [-0.1, -0.05) is 41.5 Å². The van der Waals surface area contributed by atoms with E-state index >= 15 is 0 Å². The molecule has 2 rings (SSSR count). The van der Waals surface area contributed by atoms with E-state index in [0.717, 1.165) is 16.6 Å². The molecule has 0 amide bonds. The average molecular weight is 335 g/mol. The number of fused-ring (bicyclic) bond motifs is 1. The normalized spacial score (nSPS) is 14.4. The molecule has 0 saturated carbocycles. The molecule has 0 spiro atoms. The highest BCUT2D eigenvalue weighted by molar-refractivity contribution is 5.83. The Morgan fingerprint density at radius 3 is 2.17 bits per heavy atom. The van der Waals surface area contributed by atoms with Gasteiger partial charge in [0.05, 0.1) is 11.6 Å². The van der Waals surface area contributed by atoms with Crippen molar-refractivity contribution in [2.75, 3.05) is 6.61 Å². The third kappa shape index (κ3) is 3.81. The second-order valence-corrected chi connectivity index (χ2v) is 8.70. The van der Waals surface area contributed by atoms with E-state index in [0.29, 0.717) is 18.5 Å². The summed E-state index contributed by atoms with van der Waals surface area (Å²) in [6.45, 7) is 12.6. The van der Waals surface area contributed by atoms with Gasteiger partial charge in [0.2, 0.25) is 0 Å². The molecule has 0 radical (unpaired) electrons. The molecule has 0 aliphatic rings. The monoisotopic (exact) mass is 335 g/mol. The standard InChI is InChI=1S/C20H30FNO2/c1-19(2,3)15-9-13-10-18(20(4,5)6)22(12-14(24)7-8-23)17(13)11-16(15)21/h9-11,14,23-24H,7-8,12H2,1-6H3. The molecule has 24 heavy (non-hydrogen) atoms. The van der Waals surface area contributed by atoms with Gasteiger partial charge in [-0.2, -0.15) is 0 Å².